The molecule has 0 atom stereocenters. The molecule has 0 spiro atoms. The third-order valence-corrected chi connectivity index (χ3v) is 1.38. The summed E-state index contributed by atoms with van der Waals surface area (Å²) in [6, 6.07) is 10.6. The standard InChI is InChI=1S/C9H12.H2O4S/c1-2-6-9-7-4-3-5-8-9;1-5(2,3)4/h3-5,7-8H,2,6H2,1H3;(H2,1,2,3,4)/p-2. The normalized spacial score (nSPS) is 10.2. The van der Waals surface area contributed by atoms with Crippen molar-refractivity contribution in [3.8, 4) is 0 Å². The van der Waals surface area contributed by atoms with Gasteiger partial charge in [-0.25, -0.2) is 0 Å². The Kier molecular flexibility index (Phi) is 6.11. The molecule has 0 saturated heterocycles. The van der Waals surface area contributed by atoms with Crippen LogP contribution in [0.5, 0.6) is 0 Å². The fourth-order valence-electron chi connectivity index (χ4n) is 0.933. The Hall–Kier alpha value is -0.910. The molecule has 0 aliphatic rings. The van der Waals surface area contributed by atoms with Gasteiger partial charge in [0.2, 0.25) is 0 Å². The highest BCUT2D eigenvalue weighted by molar-refractivity contribution is 7.79. The fraction of sp³-hybridized carbons (Fsp3) is 0.333. The van der Waals surface area contributed by atoms with E-state index in [0.717, 1.165) is 0 Å². The fourth-order valence-corrected chi connectivity index (χ4v) is 0.933. The van der Waals surface area contributed by atoms with Crippen LogP contribution < -0.4 is 0 Å². The van der Waals surface area contributed by atoms with Crippen molar-refractivity contribution in [2.24, 2.45) is 0 Å². The zero-order valence-electron chi connectivity index (χ0n) is 7.84. The molecule has 1 rings (SSSR count). The Balaban J connectivity index is 0.000000292. The van der Waals surface area contributed by atoms with Crippen molar-refractivity contribution in [2.45, 2.75) is 19.8 Å². The number of rotatable bonds is 2. The van der Waals surface area contributed by atoms with Gasteiger partial charge < -0.3 is 9.11 Å². The van der Waals surface area contributed by atoms with Gasteiger partial charge in [-0.05, 0) is 12.0 Å². The monoisotopic (exact) mass is 216 g/mol. The van der Waals surface area contributed by atoms with E-state index in [9.17, 15) is 0 Å². The molecule has 0 aliphatic heterocycles. The highest BCUT2D eigenvalue weighted by Gasteiger charge is 1.84. The second kappa shape index (κ2) is 6.53. The largest absolute Gasteiger partial charge is 0.759 e. The molecular formula is C9H12O4S-2. The summed E-state index contributed by atoms with van der Waals surface area (Å²) < 4.78 is 34.1. The van der Waals surface area contributed by atoms with Gasteiger partial charge in [0.15, 0.2) is 0 Å². The van der Waals surface area contributed by atoms with Crippen LogP contribution in [-0.2, 0) is 16.8 Å². The predicted molar refractivity (Wildman–Crippen MR) is 50.9 cm³/mol. The lowest BCUT2D eigenvalue weighted by atomic mass is 10.1. The van der Waals surface area contributed by atoms with Crippen molar-refractivity contribution >= 4 is 10.4 Å². The molecule has 0 bridgehead atoms. The van der Waals surface area contributed by atoms with Crippen LogP contribution in [-0.4, -0.2) is 17.5 Å². The molecule has 0 unspecified atom stereocenters. The molecule has 0 fully saturated rings. The quantitative estimate of drug-likeness (QED) is 0.551. The van der Waals surface area contributed by atoms with Crippen LogP contribution >= 0.6 is 0 Å². The Morgan fingerprint density at radius 1 is 1.14 bits per heavy atom. The zero-order valence-corrected chi connectivity index (χ0v) is 8.66. The number of hydrogen-bond donors (Lipinski definition) is 0. The molecule has 0 heterocycles. The third kappa shape index (κ3) is 11.1. The van der Waals surface area contributed by atoms with E-state index < -0.39 is 10.4 Å². The van der Waals surface area contributed by atoms with Gasteiger partial charge in [-0.3, -0.25) is 8.42 Å². The Morgan fingerprint density at radius 3 is 1.93 bits per heavy atom. The SMILES string of the molecule is CCCc1ccccc1.O=S(=O)([O-])[O-]. The van der Waals surface area contributed by atoms with Crippen molar-refractivity contribution in [1.29, 1.82) is 0 Å². The van der Waals surface area contributed by atoms with Crippen LogP contribution in [0.1, 0.15) is 18.9 Å². The summed E-state index contributed by atoms with van der Waals surface area (Å²) in [6.07, 6.45) is 2.45. The number of aryl methyl sites for hydroxylation is 1. The van der Waals surface area contributed by atoms with Gasteiger partial charge in [0, 0.05) is 10.4 Å². The van der Waals surface area contributed by atoms with Crippen molar-refractivity contribution in [1.82, 2.24) is 0 Å². The van der Waals surface area contributed by atoms with Crippen molar-refractivity contribution in [3.63, 3.8) is 0 Å². The Morgan fingerprint density at radius 2 is 1.57 bits per heavy atom. The van der Waals surface area contributed by atoms with Crippen molar-refractivity contribution in [3.05, 3.63) is 35.9 Å². The predicted octanol–water partition coefficient (Wildman–Crippen LogP) is 1.30. The molecule has 0 N–H and O–H groups in total. The first kappa shape index (κ1) is 13.1. The molecule has 5 heteroatoms. The minimum Gasteiger partial charge on any atom is -0.759 e. The highest BCUT2D eigenvalue weighted by atomic mass is 32.3. The molecule has 1 aromatic carbocycles. The lowest BCUT2D eigenvalue weighted by Crippen LogP contribution is -1.91. The van der Waals surface area contributed by atoms with Crippen LogP contribution in [0.15, 0.2) is 30.3 Å². The van der Waals surface area contributed by atoms with Crippen molar-refractivity contribution in [2.75, 3.05) is 0 Å². The maximum Gasteiger partial charge on any atom is 0.0311 e. The van der Waals surface area contributed by atoms with E-state index >= 15 is 0 Å². The lowest BCUT2D eigenvalue weighted by Gasteiger charge is -2.06. The van der Waals surface area contributed by atoms with E-state index in [4.69, 9.17) is 17.5 Å². The Bertz CT molecular complexity index is 323. The average molecular weight is 216 g/mol. The van der Waals surface area contributed by atoms with Gasteiger partial charge in [0.25, 0.3) is 0 Å². The summed E-state index contributed by atoms with van der Waals surface area (Å²) >= 11 is 0. The summed E-state index contributed by atoms with van der Waals surface area (Å²) in [5.74, 6) is 0. The van der Waals surface area contributed by atoms with E-state index in [-0.39, 0.29) is 0 Å². The average Bonchev–Trinajstić information content (AvgIpc) is 2.03. The zero-order chi connectivity index (χ0) is 11.0. The van der Waals surface area contributed by atoms with Crippen LogP contribution in [0.25, 0.3) is 0 Å². The van der Waals surface area contributed by atoms with E-state index in [1.165, 1.54) is 18.4 Å². The summed E-state index contributed by atoms with van der Waals surface area (Å²) in [5.41, 5.74) is 1.44. The van der Waals surface area contributed by atoms with Gasteiger partial charge in [0.1, 0.15) is 0 Å². The van der Waals surface area contributed by atoms with Crippen molar-refractivity contribution < 1.29 is 17.5 Å². The first-order valence-electron chi connectivity index (χ1n) is 4.14. The van der Waals surface area contributed by atoms with Gasteiger partial charge in [-0.15, -0.1) is 0 Å². The first-order chi connectivity index (χ1) is 6.43. The van der Waals surface area contributed by atoms with Gasteiger partial charge >= 0.3 is 0 Å². The summed E-state index contributed by atoms with van der Waals surface area (Å²) in [4.78, 5) is 0. The summed E-state index contributed by atoms with van der Waals surface area (Å²) in [6.45, 7) is 2.20. The van der Waals surface area contributed by atoms with Gasteiger partial charge in [0.05, 0.1) is 0 Å². The second-order valence-corrected chi connectivity index (χ2v) is 3.46. The van der Waals surface area contributed by atoms with E-state index in [2.05, 4.69) is 37.3 Å². The van der Waals surface area contributed by atoms with Crippen LogP contribution in [0.2, 0.25) is 0 Å². The molecule has 80 valence electrons. The number of benzene rings is 1. The van der Waals surface area contributed by atoms with E-state index in [1.807, 2.05) is 0 Å². The minimum absolute atomic E-state index is 1.21. The molecule has 0 aromatic heterocycles. The molecule has 0 aliphatic carbocycles. The molecule has 14 heavy (non-hydrogen) atoms. The first-order valence-corrected chi connectivity index (χ1v) is 5.47. The maximum atomic E-state index is 8.52. The minimum atomic E-state index is -5.17. The molecule has 1 aromatic rings. The molecule has 0 radical (unpaired) electrons. The second-order valence-electron chi connectivity index (χ2n) is 2.64. The summed E-state index contributed by atoms with van der Waals surface area (Å²) in [7, 11) is -5.17. The maximum absolute atomic E-state index is 8.52. The highest BCUT2D eigenvalue weighted by Crippen LogP contribution is 2.00. The number of hydrogen-bond acceptors (Lipinski definition) is 4. The van der Waals surface area contributed by atoms with Crippen LogP contribution in [0.4, 0.5) is 0 Å². The van der Waals surface area contributed by atoms with Gasteiger partial charge in [-0.1, -0.05) is 43.7 Å². The Labute approximate surface area is 84.2 Å². The topological polar surface area (TPSA) is 80.3 Å². The van der Waals surface area contributed by atoms with Crippen LogP contribution in [0.3, 0.4) is 0 Å². The molecule has 0 amide bonds. The molecule has 4 nitrogen and oxygen atoms in total. The molecule has 0 saturated carbocycles. The van der Waals surface area contributed by atoms with Gasteiger partial charge in [-0.2, -0.15) is 0 Å². The van der Waals surface area contributed by atoms with E-state index in [1.54, 1.807) is 0 Å². The van der Waals surface area contributed by atoms with E-state index in [0.29, 0.717) is 0 Å². The lowest BCUT2D eigenvalue weighted by molar-refractivity contribution is 0.352. The third-order valence-electron chi connectivity index (χ3n) is 1.38. The van der Waals surface area contributed by atoms with Crippen LogP contribution in [0, 0.1) is 0 Å². The summed E-state index contributed by atoms with van der Waals surface area (Å²) in [5, 5.41) is 0. The molecular weight excluding hydrogens is 204 g/mol. The smallest absolute Gasteiger partial charge is 0.0311 e.